The average molecular weight is 485 g/mol. The van der Waals surface area contributed by atoms with Gasteiger partial charge >= 0.3 is 0 Å². The quantitative estimate of drug-likeness (QED) is 0.394. The normalized spacial score (nSPS) is 21.5. The van der Waals surface area contributed by atoms with Crippen LogP contribution in [0.15, 0.2) is 77.7 Å². The lowest BCUT2D eigenvalue weighted by atomic mass is 9.77. The minimum Gasteiger partial charge on any atom is -0.378 e. The fraction of sp³-hybridized carbons (Fsp3) is 0.200. The molecule has 32 heavy (non-hydrogen) atoms. The largest absolute Gasteiger partial charge is 0.378 e. The summed E-state index contributed by atoms with van der Waals surface area (Å²) >= 11 is 12.0. The molecule has 2 N–H and O–H groups in total. The van der Waals surface area contributed by atoms with Gasteiger partial charge in [0.1, 0.15) is 0 Å². The molecule has 1 heterocycles. The number of rotatable bonds is 4. The topological polar surface area (TPSA) is 58.2 Å². The summed E-state index contributed by atoms with van der Waals surface area (Å²) in [6, 6.07) is 18.6. The van der Waals surface area contributed by atoms with Gasteiger partial charge in [0.15, 0.2) is 0 Å². The van der Waals surface area contributed by atoms with Crippen molar-refractivity contribution >= 4 is 44.6 Å². The second-order valence-electron chi connectivity index (χ2n) is 8.40. The summed E-state index contributed by atoms with van der Waals surface area (Å²) in [5.74, 6) is 0.495. The van der Waals surface area contributed by atoms with E-state index in [-0.39, 0.29) is 16.9 Å². The number of hydrogen-bond donors (Lipinski definition) is 2. The average Bonchev–Trinajstić information content (AvgIpc) is 3.22. The highest BCUT2D eigenvalue weighted by Gasteiger charge is 2.38. The molecule has 7 heteroatoms. The summed E-state index contributed by atoms with van der Waals surface area (Å²) < 4.78 is 28.8. The van der Waals surface area contributed by atoms with Gasteiger partial charge in [-0.05, 0) is 66.8 Å². The summed E-state index contributed by atoms with van der Waals surface area (Å²) in [6.45, 7) is 2.10. The molecule has 1 aliphatic heterocycles. The first-order chi connectivity index (χ1) is 15.3. The van der Waals surface area contributed by atoms with Crippen LogP contribution in [0.3, 0.4) is 0 Å². The maximum absolute atomic E-state index is 13.1. The van der Waals surface area contributed by atoms with Crippen LogP contribution >= 0.6 is 23.2 Å². The van der Waals surface area contributed by atoms with E-state index < -0.39 is 10.0 Å². The Hall–Kier alpha value is -2.47. The molecule has 0 saturated heterocycles. The molecule has 3 aromatic rings. The van der Waals surface area contributed by atoms with Crippen LogP contribution in [0, 0.1) is 12.8 Å². The van der Waals surface area contributed by atoms with Crippen molar-refractivity contribution in [3.63, 3.8) is 0 Å². The van der Waals surface area contributed by atoms with Gasteiger partial charge in [-0.3, -0.25) is 4.72 Å². The number of allylic oxidation sites excluding steroid dienone is 2. The maximum atomic E-state index is 13.1. The molecule has 164 valence electrons. The Morgan fingerprint density at radius 3 is 2.53 bits per heavy atom. The van der Waals surface area contributed by atoms with Crippen LogP contribution in [0.1, 0.15) is 35.1 Å². The highest BCUT2D eigenvalue weighted by Crippen LogP contribution is 2.50. The van der Waals surface area contributed by atoms with Crippen LogP contribution in [0.2, 0.25) is 10.0 Å². The lowest BCUT2D eigenvalue weighted by Crippen LogP contribution is -2.29. The summed E-state index contributed by atoms with van der Waals surface area (Å²) in [5, 5.41) is 4.40. The van der Waals surface area contributed by atoms with Crippen LogP contribution in [0.5, 0.6) is 0 Å². The van der Waals surface area contributed by atoms with Gasteiger partial charge in [-0.25, -0.2) is 8.42 Å². The van der Waals surface area contributed by atoms with Crippen molar-refractivity contribution in [3.8, 4) is 0 Å². The van der Waals surface area contributed by atoms with E-state index in [2.05, 4.69) is 53.4 Å². The number of sulfonamides is 1. The molecule has 0 aromatic heterocycles. The summed E-state index contributed by atoms with van der Waals surface area (Å²) in [5.41, 5.74) is 4.78. The summed E-state index contributed by atoms with van der Waals surface area (Å²) in [7, 11) is -3.80. The minimum absolute atomic E-state index is 0.160. The van der Waals surface area contributed by atoms with Gasteiger partial charge in [0, 0.05) is 21.7 Å². The second-order valence-corrected chi connectivity index (χ2v) is 11.0. The molecule has 0 fully saturated rings. The summed E-state index contributed by atoms with van der Waals surface area (Å²) in [4.78, 5) is 0.210. The van der Waals surface area contributed by atoms with Gasteiger partial charge in [0.05, 0.1) is 16.6 Å². The zero-order chi connectivity index (χ0) is 22.5. The number of hydrogen-bond acceptors (Lipinski definition) is 3. The monoisotopic (exact) mass is 484 g/mol. The molecule has 0 unspecified atom stereocenters. The van der Waals surface area contributed by atoms with Crippen LogP contribution < -0.4 is 10.0 Å². The minimum atomic E-state index is -3.80. The van der Waals surface area contributed by atoms with E-state index in [1.807, 2.05) is 6.07 Å². The predicted molar refractivity (Wildman–Crippen MR) is 131 cm³/mol. The Balaban J connectivity index is 1.49. The lowest BCUT2D eigenvalue weighted by molar-refractivity contribution is 0.425. The SMILES string of the molecule is Cc1cccc([C@H]2Nc3ccc(S(=O)(=O)Nc4cc(Cl)cc(Cl)c4)cc3[C@H]3C=CC[C@H]32)c1. The van der Waals surface area contributed by atoms with E-state index in [1.54, 1.807) is 18.2 Å². The van der Waals surface area contributed by atoms with Crippen molar-refractivity contribution in [2.45, 2.75) is 30.2 Å². The Morgan fingerprint density at radius 2 is 1.78 bits per heavy atom. The number of halogens is 2. The number of aryl methyl sites for hydroxylation is 1. The van der Waals surface area contributed by atoms with Gasteiger partial charge in [-0.2, -0.15) is 0 Å². The fourth-order valence-electron chi connectivity index (χ4n) is 4.76. The molecule has 3 atom stereocenters. The first kappa shape index (κ1) is 21.4. The highest BCUT2D eigenvalue weighted by molar-refractivity contribution is 7.92. The van der Waals surface area contributed by atoms with Crippen LogP contribution in [0.4, 0.5) is 11.4 Å². The van der Waals surface area contributed by atoms with Crippen molar-refractivity contribution < 1.29 is 8.42 Å². The van der Waals surface area contributed by atoms with Crippen molar-refractivity contribution in [3.05, 3.63) is 99.6 Å². The first-order valence-electron chi connectivity index (χ1n) is 10.4. The zero-order valence-corrected chi connectivity index (χ0v) is 19.7. The Labute approximate surface area is 198 Å². The first-order valence-corrected chi connectivity index (χ1v) is 12.7. The van der Waals surface area contributed by atoms with E-state index >= 15 is 0 Å². The predicted octanol–water partition coefficient (Wildman–Crippen LogP) is 6.93. The van der Waals surface area contributed by atoms with Crippen molar-refractivity contribution in [2.24, 2.45) is 5.92 Å². The second kappa shape index (κ2) is 8.14. The zero-order valence-electron chi connectivity index (χ0n) is 17.3. The molecule has 3 aromatic carbocycles. The van der Waals surface area contributed by atoms with Crippen LogP contribution in [0.25, 0.3) is 0 Å². The van der Waals surface area contributed by atoms with Gasteiger partial charge in [0.2, 0.25) is 0 Å². The molecule has 0 amide bonds. The van der Waals surface area contributed by atoms with Gasteiger partial charge in [-0.15, -0.1) is 0 Å². The molecular formula is C25H22Cl2N2O2S. The smallest absolute Gasteiger partial charge is 0.261 e. The Bertz CT molecular complexity index is 1320. The van der Waals surface area contributed by atoms with E-state index in [1.165, 1.54) is 23.3 Å². The van der Waals surface area contributed by atoms with Gasteiger partial charge < -0.3 is 5.32 Å². The van der Waals surface area contributed by atoms with Gasteiger partial charge in [-0.1, -0.05) is 65.2 Å². The lowest BCUT2D eigenvalue weighted by Gasteiger charge is -2.37. The molecule has 1 aliphatic carbocycles. The molecule has 0 spiro atoms. The Kier molecular flexibility index (Phi) is 5.44. The summed E-state index contributed by atoms with van der Waals surface area (Å²) in [6.07, 6.45) is 5.35. The third-order valence-corrected chi connectivity index (χ3v) is 7.98. The fourth-order valence-corrected chi connectivity index (χ4v) is 6.36. The molecule has 0 bridgehead atoms. The number of benzene rings is 3. The van der Waals surface area contributed by atoms with E-state index in [0.29, 0.717) is 21.7 Å². The van der Waals surface area contributed by atoms with Crippen molar-refractivity contribution in [1.82, 2.24) is 0 Å². The van der Waals surface area contributed by atoms with E-state index in [0.717, 1.165) is 17.7 Å². The number of fused-ring (bicyclic) bond motifs is 3. The molecule has 2 aliphatic rings. The van der Waals surface area contributed by atoms with Crippen molar-refractivity contribution in [2.75, 3.05) is 10.0 Å². The number of anilines is 2. The molecule has 0 radical (unpaired) electrons. The third-order valence-electron chi connectivity index (χ3n) is 6.16. The molecule has 4 nitrogen and oxygen atoms in total. The maximum Gasteiger partial charge on any atom is 0.261 e. The van der Waals surface area contributed by atoms with Crippen LogP contribution in [-0.2, 0) is 10.0 Å². The van der Waals surface area contributed by atoms with E-state index in [4.69, 9.17) is 23.2 Å². The van der Waals surface area contributed by atoms with Gasteiger partial charge in [0.25, 0.3) is 10.0 Å². The standard InChI is InChI=1S/C25H22Cl2N2O2S/c1-15-4-2-5-16(10-15)25-22-7-3-6-21(22)23-14-20(8-9-24(23)28-25)32(30,31)29-19-12-17(26)11-18(27)13-19/h2-6,8-14,21-22,25,28-29H,7H2,1H3/t21-,22+,25+/m0/s1. The molecular weight excluding hydrogens is 463 g/mol. The Morgan fingerprint density at radius 1 is 1.00 bits per heavy atom. The molecule has 5 rings (SSSR count). The number of nitrogens with one attached hydrogen (secondary N) is 2. The van der Waals surface area contributed by atoms with Crippen LogP contribution in [-0.4, -0.2) is 8.42 Å². The highest BCUT2D eigenvalue weighted by atomic mass is 35.5. The third kappa shape index (κ3) is 4.01. The molecule has 0 saturated carbocycles. The van der Waals surface area contributed by atoms with E-state index in [9.17, 15) is 8.42 Å². The van der Waals surface area contributed by atoms with Crippen molar-refractivity contribution in [1.29, 1.82) is 0 Å².